The molecule has 2 fully saturated rings. The summed E-state index contributed by atoms with van der Waals surface area (Å²) in [5.74, 6) is 4.25. The number of halogens is 4. The van der Waals surface area contributed by atoms with E-state index >= 15 is 0 Å². The summed E-state index contributed by atoms with van der Waals surface area (Å²) in [6.45, 7) is 2.68. The Kier molecular flexibility index (Phi) is 10.7. The Morgan fingerprint density at radius 1 is 0.714 bits per heavy atom. The zero-order valence-electron chi connectivity index (χ0n) is 26.7. The van der Waals surface area contributed by atoms with E-state index in [1.807, 2.05) is 61.6 Å². The summed E-state index contributed by atoms with van der Waals surface area (Å²) in [4.78, 5) is 0. The highest BCUT2D eigenvalue weighted by Crippen LogP contribution is 2.52. The molecule has 49 heavy (non-hydrogen) atoms. The average molecular weight is 700 g/mol. The zero-order valence-corrected chi connectivity index (χ0v) is 27.5. The topological polar surface area (TPSA) is 76.6 Å². The molecule has 4 aliphatic heterocycles. The minimum atomic E-state index is -4.33. The van der Waals surface area contributed by atoms with Crippen LogP contribution in [0.5, 0.6) is 28.7 Å². The monoisotopic (exact) mass is 699 g/mol. The van der Waals surface area contributed by atoms with Crippen molar-refractivity contribution in [2.75, 3.05) is 40.4 Å². The van der Waals surface area contributed by atoms with Gasteiger partial charge in [-0.25, -0.2) is 0 Å². The standard InChI is InChI=1S/C20H18O6.C17H18F3NO.ClH/c1-3-15-17(25-9-23-15)5-11(1)19-13-7-22-20(14(13)8-21-19)12-2-4-16-18(6-12)26-10-24-16;1-21-12-11-16(13-5-3-2-4-6-13)22-15-9-7-14(8-10-15)17(18,19)20;/h1-6,13-14,19-20H,7-10H2;2-10,16,21H,11-12H2,1H3;1H. The Morgan fingerprint density at radius 3 is 1.76 bits per heavy atom. The summed E-state index contributed by atoms with van der Waals surface area (Å²) in [6, 6.07) is 26.5. The van der Waals surface area contributed by atoms with E-state index in [9.17, 15) is 13.2 Å². The molecule has 260 valence electrons. The average Bonchev–Trinajstić information content (AvgIpc) is 3.91. The molecule has 4 aromatic carbocycles. The van der Waals surface area contributed by atoms with Gasteiger partial charge in [0.15, 0.2) is 23.0 Å². The van der Waals surface area contributed by atoms with Crippen LogP contribution in [0.15, 0.2) is 91.0 Å². The van der Waals surface area contributed by atoms with Gasteiger partial charge < -0.3 is 38.5 Å². The second-order valence-corrected chi connectivity index (χ2v) is 12.0. The fourth-order valence-corrected chi connectivity index (χ4v) is 6.54. The Morgan fingerprint density at radius 2 is 1.24 bits per heavy atom. The molecule has 0 bridgehead atoms. The van der Waals surface area contributed by atoms with E-state index in [0.29, 0.717) is 30.8 Å². The van der Waals surface area contributed by atoms with Gasteiger partial charge in [0.25, 0.3) is 0 Å². The predicted molar refractivity (Wildman–Crippen MR) is 177 cm³/mol. The molecule has 8 rings (SSSR count). The number of rotatable bonds is 8. The molecule has 4 aromatic rings. The fraction of sp³-hybridized carbons (Fsp3) is 0.351. The first-order valence-corrected chi connectivity index (χ1v) is 15.9. The predicted octanol–water partition coefficient (Wildman–Crippen LogP) is 8.08. The van der Waals surface area contributed by atoms with Gasteiger partial charge in [0, 0.05) is 18.3 Å². The van der Waals surface area contributed by atoms with E-state index in [1.165, 1.54) is 12.1 Å². The maximum absolute atomic E-state index is 12.6. The molecule has 4 heterocycles. The highest BCUT2D eigenvalue weighted by atomic mass is 35.5. The smallest absolute Gasteiger partial charge is 0.416 e. The quantitative estimate of drug-likeness (QED) is 0.198. The maximum atomic E-state index is 12.6. The van der Waals surface area contributed by atoms with Gasteiger partial charge in [0.05, 0.1) is 31.0 Å². The Bertz CT molecular complexity index is 1620. The second-order valence-electron chi connectivity index (χ2n) is 12.0. The summed E-state index contributed by atoms with van der Waals surface area (Å²) in [7, 11) is 1.85. The zero-order chi connectivity index (χ0) is 33.1. The molecule has 0 amide bonds. The summed E-state index contributed by atoms with van der Waals surface area (Å²) in [5, 5.41) is 3.05. The lowest BCUT2D eigenvalue weighted by atomic mass is 9.85. The second kappa shape index (κ2) is 15.2. The lowest BCUT2D eigenvalue weighted by molar-refractivity contribution is -0.137. The Balaban J connectivity index is 0.000000170. The van der Waals surface area contributed by atoms with Crippen molar-refractivity contribution in [2.45, 2.75) is 30.9 Å². The van der Waals surface area contributed by atoms with Crippen molar-refractivity contribution in [2.24, 2.45) is 11.8 Å². The molecule has 0 aromatic heterocycles. The van der Waals surface area contributed by atoms with Crippen LogP contribution in [0.3, 0.4) is 0 Å². The number of ether oxygens (including phenoxy) is 7. The van der Waals surface area contributed by atoms with E-state index in [0.717, 1.165) is 64.8 Å². The van der Waals surface area contributed by atoms with Gasteiger partial charge >= 0.3 is 6.18 Å². The molecule has 0 radical (unpaired) electrons. The van der Waals surface area contributed by atoms with Crippen LogP contribution in [0, 0.1) is 11.8 Å². The summed E-state index contributed by atoms with van der Waals surface area (Å²) in [6.07, 6.45) is -3.77. The van der Waals surface area contributed by atoms with Crippen LogP contribution in [0.25, 0.3) is 0 Å². The van der Waals surface area contributed by atoms with Crippen LogP contribution in [-0.4, -0.2) is 40.4 Å². The first kappa shape index (κ1) is 34.7. The van der Waals surface area contributed by atoms with E-state index in [2.05, 4.69) is 17.4 Å². The van der Waals surface area contributed by atoms with Gasteiger partial charge in [-0.3, -0.25) is 0 Å². The molecule has 0 saturated carbocycles. The van der Waals surface area contributed by atoms with Crippen LogP contribution in [-0.2, 0) is 15.7 Å². The molecular weight excluding hydrogens is 663 g/mol. The van der Waals surface area contributed by atoms with Crippen molar-refractivity contribution < 1.29 is 46.3 Å². The number of hydrogen-bond acceptors (Lipinski definition) is 8. The van der Waals surface area contributed by atoms with Gasteiger partial charge in [-0.1, -0.05) is 42.5 Å². The highest BCUT2D eigenvalue weighted by molar-refractivity contribution is 5.85. The lowest BCUT2D eigenvalue weighted by Crippen LogP contribution is -2.16. The van der Waals surface area contributed by atoms with Gasteiger partial charge in [-0.05, 0) is 78.8 Å². The fourth-order valence-electron chi connectivity index (χ4n) is 6.54. The summed E-state index contributed by atoms with van der Waals surface area (Å²) >= 11 is 0. The molecule has 0 aliphatic carbocycles. The first-order valence-electron chi connectivity index (χ1n) is 15.9. The van der Waals surface area contributed by atoms with Crippen molar-refractivity contribution in [1.29, 1.82) is 0 Å². The number of fused-ring (bicyclic) bond motifs is 3. The van der Waals surface area contributed by atoms with Crippen molar-refractivity contribution in [1.82, 2.24) is 5.32 Å². The normalized spacial score (nSPS) is 22.0. The first-order chi connectivity index (χ1) is 23.4. The van der Waals surface area contributed by atoms with E-state index < -0.39 is 11.7 Å². The molecule has 5 unspecified atom stereocenters. The van der Waals surface area contributed by atoms with Crippen LogP contribution >= 0.6 is 12.4 Å². The van der Waals surface area contributed by atoms with Crippen molar-refractivity contribution >= 4 is 12.4 Å². The molecule has 5 atom stereocenters. The van der Waals surface area contributed by atoms with Crippen molar-refractivity contribution in [3.05, 3.63) is 113 Å². The van der Waals surface area contributed by atoms with Gasteiger partial charge in [-0.2, -0.15) is 13.2 Å². The summed E-state index contributed by atoms with van der Waals surface area (Å²) < 4.78 is 77.7. The number of hydrogen-bond donors (Lipinski definition) is 1. The van der Waals surface area contributed by atoms with Crippen LogP contribution < -0.4 is 29.0 Å². The van der Waals surface area contributed by atoms with Crippen molar-refractivity contribution in [3.8, 4) is 28.7 Å². The molecular formula is C37H37ClF3NO7. The largest absolute Gasteiger partial charge is 0.486 e. The highest BCUT2D eigenvalue weighted by Gasteiger charge is 2.48. The third-order valence-corrected chi connectivity index (χ3v) is 9.00. The minimum Gasteiger partial charge on any atom is -0.486 e. The number of alkyl halides is 3. The Hall–Kier alpha value is -4.16. The van der Waals surface area contributed by atoms with Crippen molar-refractivity contribution in [3.63, 3.8) is 0 Å². The van der Waals surface area contributed by atoms with Crippen LogP contribution in [0.2, 0.25) is 0 Å². The van der Waals surface area contributed by atoms with E-state index in [1.54, 1.807) is 0 Å². The lowest BCUT2D eigenvalue weighted by Gasteiger charge is -2.20. The maximum Gasteiger partial charge on any atom is 0.416 e. The van der Waals surface area contributed by atoms with Gasteiger partial charge in [-0.15, -0.1) is 12.4 Å². The van der Waals surface area contributed by atoms with E-state index in [4.69, 9.17) is 33.2 Å². The Labute approximate surface area is 288 Å². The molecule has 8 nitrogen and oxygen atoms in total. The van der Waals surface area contributed by atoms with Gasteiger partial charge in [0.2, 0.25) is 13.6 Å². The SMILES string of the molecule is CNCCC(Oc1ccc(C(F)(F)F)cc1)c1ccccc1.Cl.c1cc2c(cc1C1OCC3C(c4ccc5c(c4)OCO5)OCC13)OCO2. The third kappa shape index (κ3) is 7.70. The van der Waals surface area contributed by atoms with Gasteiger partial charge in [0.1, 0.15) is 11.9 Å². The molecule has 2 saturated heterocycles. The van der Waals surface area contributed by atoms with Crippen LogP contribution in [0.1, 0.15) is 47.0 Å². The molecule has 1 N–H and O–H groups in total. The summed E-state index contributed by atoms with van der Waals surface area (Å²) in [5.41, 5.74) is 2.57. The molecule has 0 spiro atoms. The third-order valence-electron chi connectivity index (χ3n) is 9.00. The number of benzene rings is 4. The van der Waals surface area contributed by atoms with E-state index in [-0.39, 0.29) is 44.3 Å². The molecule has 4 aliphatic rings. The molecule has 12 heteroatoms. The number of nitrogens with one attached hydrogen (secondary N) is 1. The van der Waals surface area contributed by atoms with Crippen LogP contribution in [0.4, 0.5) is 13.2 Å². The minimum absolute atomic E-state index is 0.